The highest BCUT2D eigenvalue weighted by molar-refractivity contribution is 5.96. The molecule has 0 bridgehead atoms. The highest BCUT2D eigenvalue weighted by atomic mass is 16.5. The standard InChI is InChI=1S/C18H18O6/c1-23-16(21)9-13-12(8-11-6-4-3-5-7-11)14(19)10-15(20)17(13)18(22)24-2/h3-7,10,19-20H,8-9H2,1-2H3. The maximum absolute atomic E-state index is 12.0. The average Bonchev–Trinajstić information content (AvgIpc) is 2.58. The number of aromatic hydroxyl groups is 2. The minimum absolute atomic E-state index is 0.147. The summed E-state index contributed by atoms with van der Waals surface area (Å²) in [6.07, 6.45) is 0.00827. The normalized spacial score (nSPS) is 10.2. The Bertz CT molecular complexity index is 752. The van der Waals surface area contributed by atoms with E-state index in [4.69, 9.17) is 0 Å². The van der Waals surface area contributed by atoms with Crippen LogP contribution in [-0.4, -0.2) is 36.4 Å². The van der Waals surface area contributed by atoms with E-state index in [0.717, 1.165) is 11.6 Å². The summed E-state index contributed by atoms with van der Waals surface area (Å²) in [4.78, 5) is 23.8. The Labute approximate surface area is 139 Å². The van der Waals surface area contributed by atoms with Gasteiger partial charge in [0.1, 0.15) is 17.1 Å². The Morgan fingerprint density at radius 1 is 0.958 bits per heavy atom. The molecule has 126 valence electrons. The first-order valence-electron chi connectivity index (χ1n) is 7.23. The van der Waals surface area contributed by atoms with Gasteiger partial charge < -0.3 is 19.7 Å². The zero-order valence-corrected chi connectivity index (χ0v) is 13.4. The van der Waals surface area contributed by atoms with Crippen molar-refractivity contribution in [3.63, 3.8) is 0 Å². The van der Waals surface area contributed by atoms with Crippen molar-refractivity contribution in [2.24, 2.45) is 0 Å². The quantitative estimate of drug-likeness (QED) is 0.816. The number of hydrogen-bond acceptors (Lipinski definition) is 6. The van der Waals surface area contributed by atoms with E-state index in [1.54, 1.807) is 0 Å². The second-order valence-electron chi connectivity index (χ2n) is 5.15. The van der Waals surface area contributed by atoms with Crippen molar-refractivity contribution in [3.8, 4) is 11.5 Å². The van der Waals surface area contributed by atoms with Crippen LogP contribution in [0.5, 0.6) is 11.5 Å². The Balaban J connectivity index is 2.62. The van der Waals surface area contributed by atoms with Crippen LogP contribution in [0.25, 0.3) is 0 Å². The van der Waals surface area contributed by atoms with E-state index in [1.807, 2.05) is 30.3 Å². The molecular weight excluding hydrogens is 312 g/mol. The zero-order valence-electron chi connectivity index (χ0n) is 13.4. The third-order valence-electron chi connectivity index (χ3n) is 3.67. The van der Waals surface area contributed by atoms with Crippen molar-refractivity contribution in [2.75, 3.05) is 14.2 Å². The number of carbonyl (C=O) groups excluding carboxylic acids is 2. The number of phenols is 2. The van der Waals surface area contributed by atoms with Gasteiger partial charge in [-0.2, -0.15) is 0 Å². The highest BCUT2D eigenvalue weighted by Gasteiger charge is 2.25. The van der Waals surface area contributed by atoms with Gasteiger partial charge in [-0.05, 0) is 11.1 Å². The van der Waals surface area contributed by atoms with Crippen LogP contribution >= 0.6 is 0 Å². The number of esters is 2. The van der Waals surface area contributed by atoms with E-state index in [9.17, 15) is 19.8 Å². The second kappa shape index (κ2) is 7.50. The molecule has 0 fully saturated rings. The van der Waals surface area contributed by atoms with Crippen molar-refractivity contribution >= 4 is 11.9 Å². The van der Waals surface area contributed by atoms with E-state index >= 15 is 0 Å². The molecule has 2 aromatic rings. The first kappa shape index (κ1) is 17.3. The smallest absolute Gasteiger partial charge is 0.341 e. The monoisotopic (exact) mass is 330 g/mol. The van der Waals surface area contributed by atoms with Gasteiger partial charge in [0.2, 0.25) is 0 Å². The maximum Gasteiger partial charge on any atom is 0.341 e. The first-order valence-corrected chi connectivity index (χ1v) is 7.23. The summed E-state index contributed by atoms with van der Waals surface area (Å²) in [5.41, 5.74) is 1.28. The van der Waals surface area contributed by atoms with Crippen LogP contribution in [0.3, 0.4) is 0 Å². The van der Waals surface area contributed by atoms with Crippen molar-refractivity contribution in [2.45, 2.75) is 12.8 Å². The Kier molecular flexibility index (Phi) is 5.42. The fourth-order valence-electron chi connectivity index (χ4n) is 2.49. The summed E-state index contributed by atoms with van der Waals surface area (Å²) < 4.78 is 9.34. The van der Waals surface area contributed by atoms with Gasteiger partial charge in [0.15, 0.2) is 0 Å². The summed E-state index contributed by atoms with van der Waals surface area (Å²) in [5.74, 6) is -2.04. The molecule has 0 saturated heterocycles. The van der Waals surface area contributed by atoms with E-state index in [2.05, 4.69) is 9.47 Å². The van der Waals surface area contributed by atoms with Gasteiger partial charge in [0.05, 0.1) is 20.6 Å². The number of phenolic OH excluding ortho intramolecular Hbond substituents is 2. The van der Waals surface area contributed by atoms with Gasteiger partial charge in [-0.25, -0.2) is 4.79 Å². The van der Waals surface area contributed by atoms with Crippen molar-refractivity contribution in [3.05, 3.63) is 58.7 Å². The lowest BCUT2D eigenvalue weighted by Gasteiger charge is -2.16. The van der Waals surface area contributed by atoms with E-state index in [0.29, 0.717) is 5.56 Å². The molecule has 0 atom stereocenters. The molecule has 0 unspecified atom stereocenters. The van der Waals surface area contributed by atoms with Crippen LogP contribution in [0.1, 0.15) is 27.0 Å². The number of hydrogen-bond donors (Lipinski definition) is 2. The molecule has 2 rings (SSSR count). The topological polar surface area (TPSA) is 93.1 Å². The molecule has 0 aliphatic heterocycles. The molecule has 0 radical (unpaired) electrons. The summed E-state index contributed by atoms with van der Waals surface area (Å²) in [5, 5.41) is 20.3. The van der Waals surface area contributed by atoms with Crippen LogP contribution in [-0.2, 0) is 27.1 Å². The van der Waals surface area contributed by atoms with Gasteiger partial charge in [0, 0.05) is 18.1 Å². The zero-order chi connectivity index (χ0) is 17.7. The fourth-order valence-corrected chi connectivity index (χ4v) is 2.49. The maximum atomic E-state index is 12.0. The van der Waals surface area contributed by atoms with E-state index in [1.165, 1.54) is 14.2 Å². The lowest BCUT2D eigenvalue weighted by atomic mass is 9.92. The molecule has 0 heterocycles. The molecule has 0 aliphatic rings. The number of carbonyl (C=O) groups is 2. The molecule has 24 heavy (non-hydrogen) atoms. The van der Waals surface area contributed by atoms with Crippen molar-refractivity contribution < 1.29 is 29.3 Å². The first-order chi connectivity index (χ1) is 11.5. The number of ether oxygens (including phenoxy) is 2. The van der Waals surface area contributed by atoms with Gasteiger partial charge in [-0.15, -0.1) is 0 Å². The molecule has 2 N–H and O–H groups in total. The second-order valence-corrected chi connectivity index (χ2v) is 5.15. The predicted molar refractivity (Wildman–Crippen MR) is 86.1 cm³/mol. The largest absolute Gasteiger partial charge is 0.508 e. The third-order valence-corrected chi connectivity index (χ3v) is 3.67. The minimum atomic E-state index is -0.791. The van der Waals surface area contributed by atoms with E-state index in [-0.39, 0.29) is 29.7 Å². The summed E-state index contributed by atoms with van der Waals surface area (Å²) >= 11 is 0. The molecule has 0 spiro atoms. The predicted octanol–water partition coefficient (Wildman–Crippen LogP) is 2.19. The van der Waals surface area contributed by atoms with Crippen molar-refractivity contribution in [1.29, 1.82) is 0 Å². The Morgan fingerprint density at radius 3 is 2.21 bits per heavy atom. The molecule has 0 aliphatic carbocycles. The molecule has 6 nitrogen and oxygen atoms in total. The van der Waals surface area contributed by atoms with E-state index < -0.39 is 17.7 Å². The van der Waals surface area contributed by atoms with Crippen LogP contribution < -0.4 is 0 Å². The summed E-state index contributed by atoms with van der Waals surface area (Å²) in [6, 6.07) is 10.3. The van der Waals surface area contributed by atoms with Gasteiger partial charge in [-0.1, -0.05) is 30.3 Å². The SMILES string of the molecule is COC(=O)Cc1c(Cc2ccccc2)c(O)cc(O)c1C(=O)OC. The minimum Gasteiger partial charge on any atom is -0.508 e. The number of benzene rings is 2. The van der Waals surface area contributed by atoms with Gasteiger partial charge in [-0.3, -0.25) is 4.79 Å². The Hall–Kier alpha value is -3.02. The van der Waals surface area contributed by atoms with Crippen molar-refractivity contribution in [1.82, 2.24) is 0 Å². The van der Waals surface area contributed by atoms with Crippen LogP contribution in [0.15, 0.2) is 36.4 Å². The van der Waals surface area contributed by atoms with Gasteiger partial charge >= 0.3 is 11.9 Å². The third kappa shape index (κ3) is 3.65. The lowest BCUT2D eigenvalue weighted by molar-refractivity contribution is -0.139. The molecule has 2 aromatic carbocycles. The van der Waals surface area contributed by atoms with Crippen LogP contribution in [0.4, 0.5) is 0 Å². The average molecular weight is 330 g/mol. The van der Waals surface area contributed by atoms with Gasteiger partial charge in [0.25, 0.3) is 0 Å². The summed E-state index contributed by atoms with van der Waals surface area (Å²) in [7, 11) is 2.40. The number of methoxy groups -OCH3 is 2. The van der Waals surface area contributed by atoms with Crippen LogP contribution in [0.2, 0.25) is 0 Å². The number of rotatable bonds is 5. The highest BCUT2D eigenvalue weighted by Crippen LogP contribution is 2.35. The lowest BCUT2D eigenvalue weighted by Crippen LogP contribution is -2.14. The van der Waals surface area contributed by atoms with Crippen LogP contribution in [0, 0.1) is 0 Å². The molecular formula is C18H18O6. The molecule has 0 saturated carbocycles. The Morgan fingerprint density at radius 2 is 1.62 bits per heavy atom. The fraction of sp³-hybridized carbons (Fsp3) is 0.222. The molecule has 6 heteroatoms. The summed E-state index contributed by atoms with van der Waals surface area (Å²) in [6.45, 7) is 0. The molecule has 0 amide bonds. The molecule has 0 aromatic heterocycles.